The standard InChI is InChI=1S/C17H19ClN2O2/c1-12-6-2-3-7-13(12)10-19-17(22)20-11-16(21)14-8-4-5-9-15(14)18/h2-9,16,21H,10-11H2,1H3,(H2,19,20,22). The lowest BCUT2D eigenvalue weighted by atomic mass is 10.1. The molecule has 2 aromatic rings. The minimum absolute atomic E-state index is 0.101. The molecule has 2 aromatic carbocycles. The summed E-state index contributed by atoms with van der Waals surface area (Å²) in [4.78, 5) is 11.8. The molecule has 0 radical (unpaired) electrons. The van der Waals surface area contributed by atoms with Crippen LogP contribution in [0.4, 0.5) is 4.79 Å². The first-order chi connectivity index (χ1) is 10.6. The number of aliphatic hydroxyl groups is 1. The molecule has 1 unspecified atom stereocenters. The first kappa shape index (κ1) is 16.3. The zero-order valence-corrected chi connectivity index (χ0v) is 13.1. The lowest BCUT2D eigenvalue weighted by Gasteiger charge is -2.14. The fourth-order valence-corrected chi connectivity index (χ4v) is 2.35. The number of aryl methyl sites for hydroxylation is 1. The van der Waals surface area contributed by atoms with E-state index in [2.05, 4.69) is 10.6 Å². The van der Waals surface area contributed by atoms with Crippen LogP contribution in [0.3, 0.4) is 0 Å². The number of hydrogen-bond donors (Lipinski definition) is 3. The summed E-state index contributed by atoms with van der Waals surface area (Å²) in [5.41, 5.74) is 2.78. The number of carbonyl (C=O) groups excluding carboxylic acids is 1. The molecule has 3 N–H and O–H groups in total. The van der Waals surface area contributed by atoms with Gasteiger partial charge in [0.25, 0.3) is 0 Å². The van der Waals surface area contributed by atoms with Crippen LogP contribution in [0.15, 0.2) is 48.5 Å². The summed E-state index contributed by atoms with van der Waals surface area (Å²) < 4.78 is 0. The summed E-state index contributed by atoms with van der Waals surface area (Å²) in [6, 6.07) is 14.6. The van der Waals surface area contributed by atoms with Crippen molar-refractivity contribution in [1.29, 1.82) is 0 Å². The summed E-state index contributed by atoms with van der Waals surface area (Å²) in [6.07, 6.45) is -0.835. The number of amides is 2. The van der Waals surface area contributed by atoms with Crippen LogP contribution < -0.4 is 10.6 Å². The van der Waals surface area contributed by atoms with Crippen LogP contribution in [-0.2, 0) is 6.54 Å². The van der Waals surface area contributed by atoms with Crippen molar-refractivity contribution >= 4 is 17.6 Å². The molecule has 2 amide bonds. The fraction of sp³-hybridized carbons (Fsp3) is 0.235. The van der Waals surface area contributed by atoms with E-state index in [0.717, 1.165) is 11.1 Å². The Morgan fingerprint density at radius 2 is 1.82 bits per heavy atom. The summed E-state index contributed by atoms with van der Waals surface area (Å²) in [5.74, 6) is 0. The van der Waals surface area contributed by atoms with Crippen molar-refractivity contribution in [3.8, 4) is 0 Å². The van der Waals surface area contributed by atoms with Gasteiger partial charge < -0.3 is 15.7 Å². The largest absolute Gasteiger partial charge is 0.387 e. The number of nitrogens with one attached hydrogen (secondary N) is 2. The van der Waals surface area contributed by atoms with Gasteiger partial charge in [0.05, 0.1) is 6.10 Å². The molecule has 1 atom stereocenters. The lowest BCUT2D eigenvalue weighted by Crippen LogP contribution is -2.37. The van der Waals surface area contributed by atoms with Crippen molar-refractivity contribution in [2.45, 2.75) is 19.6 Å². The predicted octanol–water partition coefficient (Wildman–Crippen LogP) is 3.18. The zero-order chi connectivity index (χ0) is 15.9. The molecular weight excluding hydrogens is 300 g/mol. The van der Waals surface area contributed by atoms with E-state index >= 15 is 0 Å². The van der Waals surface area contributed by atoms with Gasteiger partial charge >= 0.3 is 6.03 Å². The smallest absolute Gasteiger partial charge is 0.315 e. The maximum Gasteiger partial charge on any atom is 0.315 e. The highest BCUT2D eigenvalue weighted by Crippen LogP contribution is 2.21. The van der Waals surface area contributed by atoms with Crippen LogP contribution >= 0.6 is 11.6 Å². The van der Waals surface area contributed by atoms with Gasteiger partial charge in [-0.25, -0.2) is 4.79 Å². The number of halogens is 1. The second kappa shape index (κ2) is 7.82. The van der Waals surface area contributed by atoms with Gasteiger partial charge in [0, 0.05) is 23.7 Å². The maximum absolute atomic E-state index is 11.8. The average Bonchev–Trinajstić information content (AvgIpc) is 2.52. The lowest BCUT2D eigenvalue weighted by molar-refractivity contribution is 0.173. The van der Waals surface area contributed by atoms with E-state index in [0.29, 0.717) is 17.1 Å². The van der Waals surface area contributed by atoms with Crippen LogP contribution in [0.5, 0.6) is 0 Å². The van der Waals surface area contributed by atoms with Crippen molar-refractivity contribution in [1.82, 2.24) is 10.6 Å². The number of carbonyl (C=O) groups is 1. The molecule has 0 saturated carbocycles. The number of benzene rings is 2. The van der Waals surface area contributed by atoms with Gasteiger partial charge in [0.15, 0.2) is 0 Å². The Kier molecular flexibility index (Phi) is 5.81. The highest BCUT2D eigenvalue weighted by atomic mass is 35.5. The molecule has 0 bridgehead atoms. The van der Waals surface area contributed by atoms with Gasteiger partial charge in [-0.3, -0.25) is 0 Å². The Bertz CT molecular complexity index is 646. The summed E-state index contributed by atoms with van der Waals surface area (Å²) in [5, 5.41) is 15.9. The molecule has 0 fully saturated rings. The monoisotopic (exact) mass is 318 g/mol. The van der Waals surface area contributed by atoms with Gasteiger partial charge in [0.2, 0.25) is 0 Å². The molecule has 22 heavy (non-hydrogen) atoms. The Morgan fingerprint density at radius 3 is 2.55 bits per heavy atom. The number of hydrogen-bond acceptors (Lipinski definition) is 2. The SMILES string of the molecule is Cc1ccccc1CNC(=O)NCC(O)c1ccccc1Cl. The van der Waals surface area contributed by atoms with Crippen LogP contribution in [0, 0.1) is 6.92 Å². The predicted molar refractivity (Wildman–Crippen MR) is 87.8 cm³/mol. The van der Waals surface area contributed by atoms with E-state index in [-0.39, 0.29) is 12.6 Å². The Hall–Kier alpha value is -2.04. The van der Waals surface area contributed by atoms with E-state index in [1.54, 1.807) is 24.3 Å². The summed E-state index contributed by atoms with van der Waals surface area (Å²) >= 11 is 6.00. The van der Waals surface area contributed by atoms with E-state index in [1.165, 1.54) is 0 Å². The molecule has 0 aliphatic rings. The molecule has 0 heterocycles. The minimum atomic E-state index is -0.835. The number of aliphatic hydroxyl groups excluding tert-OH is 1. The normalized spacial score (nSPS) is 11.8. The highest BCUT2D eigenvalue weighted by molar-refractivity contribution is 6.31. The first-order valence-electron chi connectivity index (χ1n) is 7.06. The first-order valence-corrected chi connectivity index (χ1v) is 7.44. The van der Waals surface area contributed by atoms with Gasteiger partial charge in [-0.15, -0.1) is 0 Å². The van der Waals surface area contributed by atoms with Crippen molar-refractivity contribution in [3.05, 3.63) is 70.2 Å². The van der Waals surface area contributed by atoms with Crippen molar-refractivity contribution in [2.75, 3.05) is 6.54 Å². The van der Waals surface area contributed by atoms with Crippen molar-refractivity contribution < 1.29 is 9.90 Å². The van der Waals surface area contributed by atoms with Gasteiger partial charge in [-0.1, -0.05) is 54.1 Å². The molecule has 0 spiro atoms. The van der Waals surface area contributed by atoms with Crippen LogP contribution in [0.1, 0.15) is 22.8 Å². The van der Waals surface area contributed by atoms with Crippen molar-refractivity contribution in [3.63, 3.8) is 0 Å². The molecule has 0 aliphatic carbocycles. The summed E-state index contributed by atoms with van der Waals surface area (Å²) in [7, 11) is 0. The molecule has 2 rings (SSSR count). The Morgan fingerprint density at radius 1 is 1.14 bits per heavy atom. The van der Waals surface area contributed by atoms with E-state index in [4.69, 9.17) is 11.6 Å². The maximum atomic E-state index is 11.8. The number of rotatable bonds is 5. The zero-order valence-electron chi connectivity index (χ0n) is 12.3. The molecule has 116 valence electrons. The molecule has 5 heteroatoms. The third kappa shape index (κ3) is 4.48. The quantitative estimate of drug-likeness (QED) is 0.793. The van der Waals surface area contributed by atoms with Crippen molar-refractivity contribution in [2.24, 2.45) is 0 Å². The fourth-order valence-electron chi connectivity index (χ4n) is 2.09. The third-order valence-electron chi connectivity index (χ3n) is 3.42. The molecule has 0 saturated heterocycles. The topological polar surface area (TPSA) is 61.4 Å². The Balaban J connectivity index is 1.81. The molecule has 0 aliphatic heterocycles. The van der Waals surface area contributed by atoms with E-state index in [9.17, 15) is 9.90 Å². The molecule has 0 aromatic heterocycles. The van der Waals surface area contributed by atoms with Crippen LogP contribution in [-0.4, -0.2) is 17.7 Å². The second-order valence-electron chi connectivity index (χ2n) is 5.03. The average molecular weight is 319 g/mol. The second-order valence-corrected chi connectivity index (χ2v) is 5.43. The third-order valence-corrected chi connectivity index (χ3v) is 3.77. The van der Waals surface area contributed by atoms with E-state index < -0.39 is 6.10 Å². The minimum Gasteiger partial charge on any atom is -0.387 e. The van der Waals surface area contributed by atoms with Crippen LogP contribution in [0.2, 0.25) is 5.02 Å². The highest BCUT2D eigenvalue weighted by Gasteiger charge is 2.12. The molecular formula is C17H19ClN2O2. The Labute approximate surface area is 135 Å². The molecule has 4 nitrogen and oxygen atoms in total. The van der Waals surface area contributed by atoms with Gasteiger partial charge in [-0.2, -0.15) is 0 Å². The number of urea groups is 1. The van der Waals surface area contributed by atoms with E-state index in [1.807, 2.05) is 31.2 Å². The van der Waals surface area contributed by atoms with Crippen LogP contribution in [0.25, 0.3) is 0 Å². The van der Waals surface area contributed by atoms with Gasteiger partial charge in [0.1, 0.15) is 0 Å². The summed E-state index contributed by atoms with van der Waals surface area (Å²) in [6.45, 7) is 2.54. The van der Waals surface area contributed by atoms with Gasteiger partial charge in [-0.05, 0) is 24.1 Å².